The molecule has 2 N–H and O–H groups in total. The number of benzene rings is 3. The van der Waals surface area contributed by atoms with Gasteiger partial charge >= 0.3 is 5.97 Å². The lowest BCUT2D eigenvalue weighted by Crippen LogP contribution is -2.56. The number of aromatic carboxylic acids is 1. The highest BCUT2D eigenvalue weighted by atomic mass is 35.5. The zero-order valence-corrected chi connectivity index (χ0v) is 28.0. The molecule has 5 rings (SSSR count). The van der Waals surface area contributed by atoms with Gasteiger partial charge in [0.25, 0.3) is 0 Å². The third-order valence-electron chi connectivity index (χ3n) is 9.10. The van der Waals surface area contributed by atoms with Gasteiger partial charge in [0, 0.05) is 41.4 Å². The third kappa shape index (κ3) is 7.33. The second-order valence-electron chi connectivity index (χ2n) is 12.1. The van der Waals surface area contributed by atoms with Crippen molar-refractivity contribution in [3.05, 3.63) is 130 Å². The van der Waals surface area contributed by atoms with E-state index in [1.54, 1.807) is 55.3 Å². The number of piperidine rings is 1. The van der Waals surface area contributed by atoms with Crippen molar-refractivity contribution in [3.8, 4) is 5.75 Å². The van der Waals surface area contributed by atoms with E-state index in [2.05, 4.69) is 11.9 Å². The highest BCUT2D eigenvalue weighted by Gasteiger charge is 2.65. The van der Waals surface area contributed by atoms with Gasteiger partial charge in [-0.1, -0.05) is 66.2 Å². The number of likely N-dealkylation sites (tertiary alicyclic amines) is 2. The minimum absolute atomic E-state index is 0.134. The monoisotopic (exact) mass is 691 g/mol. The zero-order valence-electron chi connectivity index (χ0n) is 26.5. The highest BCUT2D eigenvalue weighted by molar-refractivity contribution is 6.31. The zero-order chi connectivity index (χ0) is 34.6. The second-order valence-corrected chi connectivity index (χ2v) is 13.0. The van der Waals surface area contributed by atoms with Gasteiger partial charge in [-0.05, 0) is 79.1 Å². The van der Waals surface area contributed by atoms with E-state index >= 15 is 4.39 Å². The molecule has 0 aliphatic carbocycles. The van der Waals surface area contributed by atoms with Crippen LogP contribution >= 0.6 is 23.2 Å². The lowest BCUT2D eigenvalue weighted by Gasteiger charge is -2.40. The number of hydrogen-bond donors (Lipinski definition) is 2. The average molecular weight is 693 g/mol. The molecule has 0 bridgehead atoms. The van der Waals surface area contributed by atoms with Gasteiger partial charge in [0.05, 0.1) is 24.5 Å². The van der Waals surface area contributed by atoms with Crippen LogP contribution in [0.1, 0.15) is 34.8 Å². The molecule has 0 radical (unpaired) electrons. The Kier molecular flexibility index (Phi) is 10.7. The highest BCUT2D eigenvalue weighted by Crippen LogP contribution is 2.52. The molecule has 0 aromatic heterocycles. The van der Waals surface area contributed by atoms with Gasteiger partial charge in [0.15, 0.2) is 0 Å². The number of amides is 2. The van der Waals surface area contributed by atoms with Crippen LogP contribution in [0.25, 0.3) is 0 Å². The number of fused-ring (bicyclic) bond motifs is 1. The summed E-state index contributed by atoms with van der Waals surface area (Å²) in [7, 11) is 1.57. The molecule has 4 atom stereocenters. The molecule has 2 fully saturated rings. The number of carboxylic acid groups (broad SMARTS) is 1. The van der Waals surface area contributed by atoms with Gasteiger partial charge in [-0.3, -0.25) is 14.5 Å². The van der Waals surface area contributed by atoms with Crippen LogP contribution in [-0.2, 0) is 22.7 Å². The van der Waals surface area contributed by atoms with E-state index in [1.807, 2.05) is 29.2 Å². The number of ether oxygens (including phenoxy) is 1. The summed E-state index contributed by atoms with van der Waals surface area (Å²) in [5.74, 6) is -3.99. The molecule has 2 heterocycles. The minimum Gasteiger partial charge on any atom is -0.497 e. The topological polar surface area (TPSA) is 99.2 Å². The predicted octanol–water partition coefficient (Wildman–Crippen LogP) is 7.46. The van der Waals surface area contributed by atoms with Gasteiger partial charge < -0.3 is 20.1 Å². The van der Waals surface area contributed by atoms with Crippen molar-refractivity contribution in [2.75, 3.05) is 19.0 Å². The maximum atomic E-state index is 16.7. The molecular weight excluding hydrogens is 656 g/mol. The fourth-order valence-electron chi connectivity index (χ4n) is 6.80. The standard InChI is InChI=1S/C37H36Cl2FN3O5/c1-23(38)7-4-12-30(40)33-32-31(17-18-42(34(32)44)21-24-13-15-26(16-14-24)35(45)46)43(22-25-8-5-11-29(19-25)48-3)37(33,2)36(47)41-28-10-6-9-27(39)20-28/h4-16,19-20,31-33H,1,17-18,21-22H2,2-3H3,(H,41,47)(H,45,46)/b7-4-,30-12-/t31-,32+,33-,37+/m0/s1. The molecule has 3 aromatic rings. The molecule has 48 heavy (non-hydrogen) atoms. The Morgan fingerprint density at radius 3 is 2.50 bits per heavy atom. The number of carbonyl (C=O) groups is 3. The van der Waals surface area contributed by atoms with E-state index in [1.165, 1.54) is 30.4 Å². The van der Waals surface area contributed by atoms with Gasteiger partial charge in [-0.2, -0.15) is 0 Å². The van der Waals surface area contributed by atoms with Crippen molar-refractivity contribution in [2.24, 2.45) is 11.8 Å². The molecule has 3 aromatic carbocycles. The Balaban J connectivity index is 1.60. The Labute approximate surface area is 289 Å². The van der Waals surface area contributed by atoms with Crippen LogP contribution in [-0.4, -0.2) is 57.9 Å². The summed E-state index contributed by atoms with van der Waals surface area (Å²) in [6, 6.07) is 19.9. The molecule has 0 unspecified atom stereocenters. The van der Waals surface area contributed by atoms with Crippen molar-refractivity contribution >= 4 is 46.7 Å². The fourth-order valence-corrected chi connectivity index (χ4v) is 7.07. The first-order valence-corrected chi connectivity index (χ1v) is 16.1. The number of nitrogens with zero attached hydrogens (tertiary/aromatic N) is 2. The van der Waals surface area contributed by atoms with E-state index in [9.17, 15) is 19.5 Å². The van der Waals surface area contributed by atoms with Gasteiger partial charge in [0.2, 0.25) is 11.8 Å². The van der Waals surface area contributed by atoms with Crippen LogP contribution in [0, 0.1) is 11.8 Å². The van der Waals surface area contributed by atoms with Crippen LogP contribution in [0.5, 0.6) is 5.75 Å². The normalized spacial score (nSPS) is 22.9. The van der Waals surface area contributed by atoms with Crippen molar-refractivity contribution in [3.63, 3.8) is 0 Å². The number of carboxylic acids is 1. The quantitative estimate of drug-likeness (QED) is 0.203. The fraction of sp³-hybridized carbons (Fsp3) is 0.270. The van der Waals surface area contributed by atoms with Gasteiger partial charge in [-0.15, -0.1) is 0 Å². The number of anilines is 1. The first-order valence-electron chi connectivity index (χ1n) is 15.4. The second kappa shape index (κ2) is 14.8. The smallest absolute Gasteiger partial charge is 0.335 e. The summed E-state index contributed by atoms with van der Waals surface area (Å²) in [4.78, 5) is 44.0. The van der Waals surface area contributed by atoms with Crippen LogP contribution in [0.4, 0.5) is 10.1 Å². The predicted molar refractivity (Wildman–Crippen MR) is 185 cm³/mol. The molecule has 2 amide bonds. The molecule has 0 spiro atoms. The van der Waals surface area contributed by atoms with E-state index in [4.69, 9.17) is 27.9 Å². The van der Waals surface area contributed by atoms with Crippen molar-refractivity contribution < 1.29 is 28.6 Å². The first-order chi connectivity index (χ1) is 22.9. The molecule has 0 saturated carbocycles. The molecule has 8 nitrogen and oxygen atoms in total. The Morgan fingerprint density at radius 1 is 1.10 bits per heavy atom. The van der Waals surface area contributed by atoms with Crippen molar-refractivity contribution in [1.82, 2.24) is 9.80 Å². The number of rotatable bonds is 11. The number of halogens is 3. The lowest BCUT2D eigenvalue weighted by atomic mass is 9.75. The maximum absolute atomic E-state index is 16.7. The summed E-state index contributed by atoms with van der Waals surface area (Å²) in [6.45, 7) is 6.08. The van der Waals surface area contributed by atoms with Crippen molar-refractivity contribution in [2.45, 2.75) is 38.0 Å². The van der Waals surface area contributed by atoms with Crippen LogP contribution in [0.2, 0.25) is 5.02 Å². The summed E-state index contributed by atoms with van der Waals surface area (Å²) in [5, 5.41) is 12.9. The number of nitrogens with one attached hydrogen (secondary N) is 1. The van der Waals surface area contributed by atoms with E-state index in [0.717, 1.165) is 11.1 Å². The van der Waals surface area contributed by atoms with E-state index in [-0.39, 0.29) is 29.6 Å². The maximum Gasteiger partial charge on any atom is 0.335 e. The van der Waals surface area contributed by atoms with Crippen molar-refractivity contribution in [1.29, 1.82) is 0 Å². The number of carbonyl (C=O) groups excluding carboxylic acids is 2. The van der Waals surface area contributed by atoms with E-state index in [0.29, 0.717) is 29.4 Å². The number of methoxy groups -OCH3 is 1. The van der Waals surface area contributed by atoms with Crippen LogP contribution < -0.4 is 10.1 Å². The molecule has 250 valence electrons. The largest absolute Gasteiger partial charge is 0.497 e. The molecule has 2 aliphatic rings. The Hall–Kier alpha value is -4.44. The average Bonchev–Trinajstić information content (AvgIpc) is 3.31. The first kappa shape index (κ1) is 34.9. The summed E-state index contributed by atoms with van der Waals surface area (Å²) in [6.07, 6.45) is 4.54. The van der Waals surface area contributed by atoms with Gasteiger partial charge in [0.1, 0.15) is 17.1 Å². The Morgan fingerprint density at radius 2 is 1.83 bits per heavy atom. The number of hydrogen-bond acceptors (Lipinski definition) is 5. The van der Waals surface area contributed by atoms with Crippen LogP contribution in [0.3, 0.4) is 0 Å². The molecule has 11 heteroatoms. The number of allylic oxidation sites excluding steroid dienone is 4. The summed E-state index contributed by atoms with van der Waals surface area (Å²) >= 11 is 12.1. The molecule has 2 aliphatic heterocycles. The SMILES string of the molecule is C=C(Cl)/C=C\C=C(/F)[C@H]1[C@@H]2C(=O)N(Cc3ccc(C(=O)O)cc3)CC[C@@H]2N(Cc2cccc(OC)c2)[C@@]1(C)C(=O)Nc1cccc(Cl)c1. The Bertz CT molecular complexity index is 1780. The summed E-state index contributed by atoms with van der Waals surface area (Å²) in [5.41, 5.74) is 0.572. The van der Waals surface area contributed by atoms with E-state index < -0.39 is 41.1 Å². The van der Waals surface area contributed by atoms with Crippen LogP contribution in [0.15, 0.2) is 108 Å². The third-order valence-corrected chi connectivity index (χ3v) is 9.46. The minimum atomic E-state index is -1.55. The molecular formula is C37H36Cl2FN3O5. The van der Waals surface area contributed by atoms with Gasteiger partial charge in [-0.25, -0.2) is 9.18 Å². The molecule has 2 saturated heterocycles. The summed E-state index contributed by atoms with van der Waals surface area (Å²) < 4.78 is 22.2. The lowest BCUT2D eigenvalue weighted by molar-refractivity contribution is -0.141.